The number of nitrogens with zero attached hydrogens (tertiary/aromatic N) is 1. The number of aryl methyl sites for hydroxylation is 2. The highest BCUT2D eigenvalue weighted by Gasteiger charge is 2.28. The Hall–Kier alpha value is -2.13. The molecule has 0 heterocycles. The van der Waals surface area contributed by atoms with Crippen LogP contribution in [0.25, 0.3) is 0 Å². The van der Waals surface area contributed by atoms with E-state index >= 15 is 0 Å². The summed E-state index contributed by atoms with van der Waals surface area (Å²) < 4.78 is 0. The molecule has 0 saturated heterocycles. The van der Waals surface area contributed by atoms with Crippen molar-refractivity contribution in [3.63, 3.8) is 0 Å². The van der Waals surface area contributed by atoms with Gasteiger partial charge in [0.1, 0.15) is 0 Å². The van der Waals surface area contributed by atoms with E-state index in [0.717, 1.165) is 48.2 Å². The average molecular weight is 395 g/mol. The smallest absolute Gasteiger partial charge is 0.252 e. The molecular formula is C26H38N2O. The maximum absolute atomic E-state index is 13.3. The molecule has 3 unspecified atom stereocenters. The van der Waals surface area contributed by atoms with Crippen LogP contribution in [0.2, 0.25) is 0 Å². The molecule has 158 valence electrons. The zero-order valence-electron chi connectivity index (χ0n) is 19.0. The van der Waals surface area contributed by atoms with E-state index in [1.807, 2.05) is 38.1 Å². The van der Waals surface area contributed by atoms with Crippen molar-refractivity contribution < 1.29 is 4.79 Å². The summed E-state index contributed by atoms with van der Waals surface area (Å²) in [7, 11) is 0. The second kappa shape index (κ2) is 11.2. The van der Waals surface area contributed by atoms with Crippen molar-refractivity contribution in [2.75, 3.05) is 13.1 Å². The molecule has 3 nitrogen and oxygen atoms in total. The highest BCUT2D eigenvalue weighted by Crippen LogP contribution is 2.24. The molecular weight excluding hydrogens is 356 g/mol. The first-order valence-corrected chi connectivity index (χ1v) is 11.0. The van der Waals surface area contributed by atoms with E-state index in [2.05, 4.69) is 62.2 Å². The van der Waals surface area contributed by atoms with E-state index in [1.165, 1.54) is 0 Å². The van der Waals surface area contributed by atoms with Crippen molar-refractivity contribution in [2.24, 2.45) is 5.92 Å². The molecule has 2 aromatic carbocycles. The zero-order chi connectivity index (χ0) is 21.4. The van der Waals surface area contributed by atoms with Crippen LogP contribution in [0, 0.1) is 19.8 Å². The van der Waals surface area contributed by atoms with E-state index in [1.54, 1.807) is 0 Å². The molecule has 0 aliphatic rings. The van der Waals surface area contributed by atoms with Gasteiger partial charge in [-0.15, -0.1) is 0 Å². The maximum atomic E-state index is 13.3. The molecule has 0 radical (unpaired) electrons. The lowest BCUT2D eigenvalue weighted by molar-refractivity contribution is 0.0879. The Morgan fingerprint density at radius 3 is 2.14 bits per heavy atom. The van der Waals surface area contributed by atoms with Gasteiger partial charge in [-0.1, -0.05) is 75.7 Å². The highest BCUT2D eigenvalue weighted by molar-refractivity contribution is 5.97. The Morgan fingerprint density at radius 2 is 1.59 bits per heavy atom. The normalized spacial score (nSPS) is 14.4. The molecule has 29 heavy (non-hydrogen) atoms. The molecule has 3 heteroatoms. The van der Waals surface area contributed by atoms with Gasteiger partial charge in [-0.2, -0.15) is 0 Å². The van der Waals surface area contributed by atoms with Gasteiger partial charge in [0.25, 0.3) is 5.91 Å². The average Bonchev–Trinajstić information content (AvgIpc) is 2.71. The molecule has 0 bridgehead atoms. The number of carbonyl (C=O) groups is 1. The molecule has 1 amide bonds. The first kappa shape index (κ1) is 23.2. The number of hydrogen-bond donors (Lipinski definition) is 1. The number of amides is 1. The molecule has 0 aliphatic carbocycles. The Morgan fingerprint density at radius 1 is 0.966 bits per heavy atom. The van der Waals surface area contributed by atoms with Crippen molar-refractivity contribution in [3.05, 3.63) is 70.8 Å². The monoisotopic (exact) mass is 394 g/mol. The minimum absolute atomic E-state index is 0.0151. The Labute approximate surface area is 177 Å². The highest BCUT2D eigenvalue weighted by atomic mass is 16.1. The molecule has 3 atom stereocenters. The second-order valence-electron chi connectivity index (χ2n) is 8.38. The Kier molecular flexibility index (Phi) is 8.91. The van der Waals surface area contributed by atoms with Crippen molar-refractivity contribution in [3.8, 4) is 0 Å². The molecule has 0 aromatic heterocycles. The van der Waals surface area contributed by atoms with Crippen molar-refractivity contribution in [1.29, 1.82) is 0 Å². The fourth-order valence-corrected chi connectivity index (χ4v) is 4.02. The Balaban J connectivity index is 2.35. The van der Waals surface area contributed by atoms with Gasteiger partial charge >= 0.3 is 0 Å². The van der Waals surface area contributed by atoms with Crippen LogP contribution in [0.1, 0.15) is 73.6 Å². The summed E-state index contributed by atoms with van der Waals surface area (Å²) in [5.41, 5.74) is 3.99. The summed E-state index contributed by atoms with van der Waals surface area (Å²) in [6, 6.07) is 16.6. The van der Waals surface area contributed by atoms with Crippen LogP contribution in [0.15, 0.2) is 48.5 Å². The summed E-state index contributed by atoms with van der Waals surface area (Å²) in [5.74, 6) is 0.649. The van der Waals surface area contributed by atoms with Gasteiger partial charge in [-0.25, -0.2) is 0 Å². The fraction of sp³-hybridized carbons (Fsp3) is 0.500. The van der Waals surface area contributed by atoms with Gasteiger partial charge in [-0.05, 0) is 56.3 Å². The number of rotatable bonds is 10. The van der Waals surface area contributed by atoms with Gasteiger partial charge in [-0.3, -0.25) is 9.69 Å². The van der Waals surface area contributed by atoms with Gasteiger partial charge in [0.15, 0.2) is 0 Å². The van der Waals surface area contributed by atoms with E-state index in [9.17, 15) is 4.79 Å². The third-order valence-electron chi connectivity index (χ3n) is 5.97. The lowest BCUT2D eigenvalue weighted by atomic mass is 9.96. The SMILES string of the molecule is CCCN(CC(C)CC)C(C)C(NC(=O)c1c(C)cccc1C)c1ccccc1. The van der Waals surface area contributed by atoms with Crippen LogP contribution in [0.5, 0.6) is 0 Å². The van der Waals surface area contributed by atoms with Crippen LogP contribution < -0.4 is 5.32 Å². The van der Waals surface area contributed by atoms with Crippen LogP contribution >= 0.6 is 0 Å². The summed E-state index contributed by atoms with van der Waals surface area (Å²) in [5, 5.41) is 3.38. The minimum Gasteiger partial charge on any atom is -0.344 e. The molecule has 0 fully saturated rings. The number of nitrogens with one attached hydrogen (secondary N) is 1. The van der Waals surface area contributed by atoms with Crippen molar-refractivity contribution in [1.82, 2.24) is 10.2 Å². The first-order valence-electron chi connectivity index (χ1n) is 11.0. The largest absolute Gasteiger partial charge is 0.344 e. The Bertz CT molecular complexity index is 751. The standard InChI is InChI=1S/C26H38N2O/c1-7-17-28(18-19(3)8-2)22(6)25(23-15-10-9-11-16-23)27-26(29)24-20(4)13-12-14-21(24)5/h9-16,19,22,25H,7-8,17-18H2,1-6H3,(H,27,29). The van der Waals surface area contributed by atoms with Gasteiger partial charge in [0.05, 0.1) is 6.04 Å². The molecule has 0 saturated carbocycles. The summed E-state index contributed by atoms with van der Waals surface area (Å²) >= 11 is 0. The van der Waals surface area contributed by atoms with Crippen LogP contribution in [-0.4, -0.2) is 29.9 Å². The fourth-order valence-electron chi connectivity index (χ4n) is 4.02. The predicted molar refractivity (Wildman–Crippen MR) is 123 cm³/mol. The minimum atomic E-state index is -0.0571. The molecule has 1 N–H and O–H groups in total. The van der Waals surface area contributed by atoms with Gasteiger partial charge < -0.3 is 5.32 Å². The van der Waals surface area contributed by atoms with Crippen LogP contribution in [0.4, 0.5) is 0 Å². The number of benzene rings is 2. The van der Waals surface area contributed by atoms with Crippen molar-refractivity contribution >= 4 is 5.91 Å². The van der Waals surface area contributed by atoms with E-state index in [4.69, 9.17) is 0 Å². The number of carbonyl (C=O) groups excluding carboxylic acids is 1. The van der Waals surface area contributed by atoms with E-state index in [-0.39, 0.29) is 18.0 Å². The quantitative estimate of drug-likeness (QED) is 0.542. The third kappa shape index (κ3) is 6.17. The van der Waals surface area contributed by atoms with E-state index < -0.39 is 0 Å². The maximum Gasteiger partial charge on any atom is 0.252 e. The topological polar surface area (TPSA) is 32.3 Å². The first-order chi connectivity index (χ1) is 13.9. The van der Waals surface area contributed by atoms with Crippen molar-refractivity contribution in [2.45, 2.75) is 66.5 Å². The van der Waals surface area contributed by atoms with Gasteiger partial charge in [0.2, 0.25) is 0 Å². The number of hydrogen-bond acceptors (Lipinski definition) is 2. The summed E-state index contributed by atoms with van der Waals surface area (Å²) in [6.07, 6.45) is 2.27. The molecule has 2 aromatic rings. The molecule has 0 spiro atoms. The van der Waals surface area contributed by atoms with Gasteiger partial charge in [0, 0.05) is 18.2 Å². The predicted octanol–water partition coefficient (Wildman–Crippen LogP) is 5.92. The van der Waals surface area contributed by atoms with Crippen LogP contribution in [0.3, 0.4) is 0 Å². The second-order valence-corrected chi connectivity index (χ2v) is 8.38. The summed E-state index contributed by atoms with van der Waals surface area (Å²) in [4.78, 5) is 15.8. The van der Waals surface area contributed by atoms with E-state index in [0.29, 0.717) is 5.92 Å². The zero-order valence-corrected chi connectivity index (χ0v) is 19.0. The lowest BCUT2D eigenvalue weighted by Crippen LogP contribution is -2.46. The molecule has 2 rings (SSSR count). The molecule has 0 aliphatic heterocycles. The summed E-state index contributed by atoms with van der Waals surface area (Å²) in [6.45, 7) is 15.1. The van der Waals surface area contributed by atoms with Crippen LogP contribution in [-0.2, 0) is 0 Å². The third-order valence-corrected chi connectivity index (χ3v) is 5.97. The lowest BCUT2D eigenvalue weighted by Gasteiger charge is -2.37.